The average Bonchev–Trinajstić information content (AvgIpc) is 3.07. The fourth-order valence-corrected chi connectivity index (χ4v) is 5.82. The first-order valence-electron chi connectivity index (χ1n) is 14.8. The molecule has 11 nitrogen and oxygen atoms in total. The molecule has 1 fully saturated rings. The lowest BCUT2D eigenvalue weighted by Gasteiger charge is -2.26. The van der Waals surface area contributed by atoms with E-state index in [1.165, 1.54) is 59.4 Å². The summed E-state index contributed by atoms with van der Waals surface area (Å²) in [7, 11) is 7.32. The van der Waals surface area contributed by atoms with Gasteiger partial charge in [-0.1, -0.05) is 6.42 Å². The molecule has 0 bridgehead atoms. The molecule has 0 saturated carbocycles. The lowest BCUT2D eigenvalue weighted by Crippen LogP contribution is -2.33. The summed E-state index contributed by atoms with van der Waals surface area (Å²) in [5, 5.41) is 0.749. The number of nitrogens with two attached hydrogens (primary N) is 1. The van der Waals surface area contributed by atoms with Crippen molar-refractivity contribution in [3.8, 4) is 45.6 Å². The van der Waals surface area contributed by atoms with Gasteiger partial charge in [-0.05, 0) is 80.0 Å². The number of halogens is 2. The molecule has 3 aromatic carbocycles. The normalized spacial score (nSPS) is 12.8. The maximum absolute atomic E-state index is 14.4. The molecule has 1 aliphatic heterocycles. The second-order valence-corrected chi connectivity index (χ2v) is 10.7. The molecular weight excluding hydrogens is 649 g/mol. The highest BCUT2D eigenvalue weighted by Crippen LogP contribution is 2.45. The van der Waals surface area contributed by atoms with Crippen LogP contribution < -0.4 is 35.0 Å². The van der Waals surface area contributed by atoms with Crippen LogP contribution >= 0.6 is 24.8 Å². The number of esters is 1. The minimum atomic E-state index is -0.726. The molecule has 1 saturated heterocycles. The van der Waals surface area contributed by atoms with Gasteiger partial charge < -0.3 is 34.2 Å². The van der Waals surface area contributed by atoms with Gasteiger partial charge in [-0.15, -0.1) is 24.8 Å². The van der Waals surface area contributed by atoms with Crippen LogP contribution in [0.1, 0.15) is 29.8 Å². The monoisotopic (exact) mass is 689 g/mol. The lowest BCUT2D eigenvalue weighted by atomic mass is 9.95. The highest BCUT2D eigenvalue weighted by Gasteiger charge is 2.28. The number of likely N-dealkylation sites (tertiary alicyclic amines) is 1. The van der Waals surface area contributed by atoms with E-state index in [-0.39, 0.29) is 30.5 Å². The number of rotatable bonds is 11. The number of carbonyl (C=O) groups is 1. The molecule has 13 heteroatoms. The fourth-order valence-electron chi connectivity index (χ4n) is 5.82. The lowest BCUT2D eigenvalue weighted by molar-refractivity contribution is 0.0591. The number of hydrogen-bond donors (Lipinski definition) is 1. The van der Waals surface area contributed by atoms with Gasteiger partial charge in [0.15, 0.2) is 23.0 Å². The van der Waals surface area contributed by atoms with E-state index >= 15 is 0 Å². The number of ether oxygens (including phenoxy) is 6. The molecule has 0 amide bonds. The fraction of sp³-hybridized carbons (Fsp3) is 0.353. The summed E-state index contributed by atoms with van der Waals surface area (Å²) < 4.78 is 35.4. The molecule has 0 spiro atoms. The molecule has 0 radical (unpaired) electrons. The minimum Gasteiger partial charge on any atom is -0.493 e. The Bertz CT molecular complexity index is 1730. The molecule has 47 heavy (non-hydrogen) atoms. The first kappa shape index (κ1) is 37.1. The number of fused-ring (bicyclic) bond motifs is 1. The van der Waals surface area contributed by atoms with E-state index in [0.29, 0.717) is 68.6 Å². The van der Waals surface area contributed by atoms with Crippen molar-refractivity contribution in [3.05, 3.63) is 64.6 Å². The molecule has 1 aromatic heterocycles. The number of benzene rings is 3. The van der Waals surface area contributed by atoms with Crippen molar-refractivity contribution in [2.24, 2.45) is 0 Å². The van der Waals surface area contributed by atoms with Crippen molar-refractivity contribution in [1.29, 1.82) is 0 Å². The first-order chi connectivity index (χ1) is 21.8. The minimum absolute atomic E-state index is 0. The summed E-state index contributed by atoms with van der Waals surface area (Å²) in [5.41, 5.74) is 7.35. The SMILES string of the molecule is COC(=O)c1c(-c2cc(OC)c(OC)c(OC)c2)c2cc(OC)c(OCCN3CCCCC3)cc2c(=O)n1-c1ccc(N)cc1.Cl.Cl. The Kier molecular flexibility index (Phi) is 13.0. The number of hydrogen-bond acceptors (Lipinski definition) is 10. The molecule has 0 unspecified atom stereocenters. The van der Waals surface area contributed by atoms with Crippen LogP contribution in [0.2, 0.25) is 0 Å². The van der Waals surface area contributed by atoms with Crippen LogP contribution in [0.25, 0.3) is 27.6 Å². The third kappa shape index (κ3) is 7.48. The molecular formula is C34H41Cl2N3O8. The summed E-state index contributed by atoms with van der Waals surface area (Å²) in [6.07, 6.45) is 3.60. The number of carbonyl (C=O) groups excluding carboxylic acids is 1. The summed E-state index contributed by atoms with van der Waals surface area (Å²) in [5.74, 6) is 1.22. The second kappa shape index (κ2) is 16.5. The van der Waals surface area contributed by atoms with Gasteiger partial charge in [-0.3, -0.25) is 14.3 Å². The van der Waals surface area contributed by atoms with Crippen molar-refractivity contribution < 1.29 is 33.2 Å². The van der Waals surface area contributed by atoms with Crippen LogP contribution in [0.15, 0.2) is 53.3 Å². The van der Waals surface area contributed by atoms with Crippen molar-refractivity contribution in [2.75, 3.05) is 67.5 Å². The van der Waals surface area contributed by atoms with E-state index in [9.17, 15) is 9.59 Å². The maximum atomic E-state index is 14.4. The zero-order valence-electron chi connectivity index (χ0n) is 27.1. The van der Waals surface area contributed by atoms with E-state index in [1.807, 2.05) is 0 Å². The Morgan fingerprint density at radius 2 is 1.36 bits per heavy atom. The largest absolute Gasteiger partial charge is 0.493 e. The Balaban J connectivity index is 0.00000300. The number of aromatic nitrogens is 1. The van der Waals surface area contributed by atoms with Crippen LogP contribution in [0, 0.1) is 0 Å². The average molecular weight is 691 g/mol. The Hall–Kier alpha value is -4.32. The van der Waals surface area contributed by atoms with Gasteiger partial charge in [-0.2, -0.15) is 0 Å². The summed E-state index contributed by atoms with van der Waals surface area (Å²) in [6, 6.07) is 13.5. The Labute approximate surface area is 286 Å². The van der Waals surface area contributed by atoms with Crippen LogP contribution in [-0.2, 0) is 4.74 Å². The van der Waals surface area contributed by atoms with Crippen molar-refractivity contribution >= 4 is 47.2 Å². The maximum Gasteiger partial charge on any atom is 0.355 e. The van der Waals surface area contributed by atoms with Gasteiger partial charge in [0.25, 0.3) is 5.56 Å². The standard InChI is InChI=1S/C34H39N3O8.2ClH/c1-40-26-19-24-25(20-27(26)45-16-15-36-13-7-6-8-14-36)33(38)37(23-11-9-22(35)10-12-23)31(34(39)44-5)30(24)21-17-28(41-2)32(43-4)29(18-21)42-3;;/h9-12,17-20H,6-8,13-16,35H2,1-5H3;2*1H. The number of nitrogens with zero attached hydrogens (tertiary/aromatic N) is 2. The van der Waals surface area contributed by atoms with Gasteiger partial charge in [0.1, 0.15) is 12.3 Å². The van der Waals surface area contributed by atoms with Gasteiger partial charge in [0, 0.05) is 28.9 Å². The van der Waals surface area contributed by atoms with Crippen molar-refractivity contribution in [3.63, 3.8) is 0 Å². The number of anilines is 1. The molecule has 4 aromatic rings. The van der Waals surface area contributed by atoms with E-state index in [2.05, 4.69) is 4.90 Å². The molecule has 0 aliphatic carbocycles. The van der Waals surface area contributed by atoms with Crippen LogP contribution in [0.3, 0.4) is 0 Å². The molecule has 2 heterocycles. The zero-order chi connectivity index (χ0) is 32.1. The quantitative estimate of drug-likeness (QED) is 0.153. The van der Waals surface area contributed by atoms with E-state index < -0.39 is 11.5 Å². The van der Waals surface area contributed by atoms with Crippen molar-refractivity contribution in [2.45, 2.75) is 19.3 Å². The van der Waals surface area contributed by atoms with Gasteiger partial charge in [0.2, 0.25) is 5.75 Å². The molecule has 2 N–H and O–H groups in total. The summed E-state index contributed by atoms with van der Waals surface area (Å²) >= 11 is 0. The van der Waals surface area contributed by atoms with Crippen LogP contribution in [0.5, 0.6) is 28.7 Å². The van der Waals surface area contributed by atoms with Crippen molar-refractivity contribution in [1.82, 2.24) is 9.47 Å². The first-order valence-corrected chi connectivity index (χ1v) is 14.8. The third-order valence-corrected chi connectivity index (χ3v) is 8.06. The molecule has 0 atom stereocenters. The van der Waals surface area contributed by atoms with Gasteiger partial charge in [0.05, 0.1) is 40.9 Å². The van der Waals surface area contributed by atoms with E-state index in [4.69, 9.17) is 34.2 Å². The number of nitrogen functional groups attached to an aromatic ring is 1. The third-order valence-electron chi connectivity index (χ3n) is 8.06. The molecule has 1 aliphatic rings. The smallest absolute Gasteiger partial charge is 0.355 e. The van der Waals surface area contributed by atoms with Crippen LogP contribution in [-0.4, -0.2) is 77.2 Å². The Morgan fingerprint density at radius 3 is 1.91 bits per heavy atom. The van der Waals surface area contributed by atoms with Gasteiger partial charge >= 0.3 is 5.97 Å². The predicted molar refractivity (Wildman–Crippen MR) is 187 cm³/mol. The number of methoxy groups -OCH3 is 5. The number of piperidine rings is 1. The topological polar surface area (TPSA) is 124 Å². The highest BCUT2D eigenvalue weighted by molar-refractivity contribution is 6.08. The predicted octanol–water partition coefficient (Wildman–Crippen LogP) is 5.77. The second-order valence-electron chi connectivity index (χ2n) is 10.7. The summed E-state index contributed by atoms with van der Waals surface area (Å²) in [4.78, 5) is 30.4. The molecule has 5 rings (SSSR count). The highest BCUT2D eigenvalue weighted by atomic mass is 35.5. The van der Waals surface area contributed by atoms with E-state index in [0.717, 1.165) is 19.6 Å². The zero-order valence-corrected chi connectivity index (χ0v) is 28.8. The van der Waals surface area contributed by atoms with Gasteiger partial charge in [-0.25, -0.2) is 4.79 Å². The van der Waals surface area contributed by atoms with Crippen LogP contribution in [0.4, 0.5) is 5.69 Å². The number of pyridine rings is 1. The molecule has 254 valence electrons. The summed E-state index contributed by atoms with van der Waals surface area (Å²) in [6.45, 7) is 3.26. The van der Waals surface area contributed by atoms with E-state index in [1.54, 1.807) is 48.5 Å². The Morgan fingerprint density at radius 1 is 0.766 bits per heavy atom.